The quantitative estimate of drug-likeness (QED) is 0.570. The second kappa shape index (κ2) is 3.10. The second-order valence-electron chi connectivity index (χ2n) is 3.71. The summed E-state index contributed by atoms with van der Waals surface area (Å²) in [7, 11) is 0. The fourth-order valence-electron chi connectivity index (χ4n) is 1.42. The van der Waals surface area contributed by atoms with Crippen molar-refractivity contribution in [3.05, 3.63) is 36.5 Å². The molecule has 0 radical (unpaired) electrons. The van der Waals surface area contributed by atoms with Gasteiger partial charge in [-0.1, -0.05) is 24.6 Å². The summed E-state index contributed by atoms with van der Waals surface area (Å²) in [5.41, 5.74) is 1.14. The van der Waals surface area contributed by atoms with Gasteiger partial charge in [0.25, 0.3) is 0 Å². The van der Waals surface area contributed by atoms with Gasteiger partial charge in [-0.15, -0.1) is 6.58 Å². The Morgan fingerprint density at radius 3 is 2.42 bits per heavy atom. The first-order valence-corrected chi connectivity index (χ1v) is 4.09. The van der Waals surface area contributed by atoms with Gasteiger partial charge in [0.15, 0.2) is 5.78 Å². The Labute approximate surface area is 73.5 Å². The van der Waals surface area contributed by atoms with Crippen molar-refractivity contribution in [2.75, 3.05) is 0 Å². The highest BCUT2D eigenvalue weighted by molar-refractivity contribution is 6.00. The molecule has 0 aliphatic heterocycles. The molecule has 1 aliphatic carbocycles. The summed E-state index contributed by atoms with van der Waals surface area (Å²) in [6.45, 7) is 7.96. The lowest BCUT2D eigenvalue weighted by Gasteiger charge is -2.23. The van der Waals surface area contributed by atoms with Crippen LogP contribution in [0.25, 0.3) is 0 Å². The van der Waals surface area contributed by atoms with Gasteiger partial charge >= 0.3 is 0 Å². The van der Waals surface area contributed by atoms with Gasteiger partial charge in [-0.3, -0.25) is 4.79 Å². The highest BCUT2D eigenvalue weighted by Gasteiger charge is 2.20. The molecule has 0 saturated heterocycles. The van der Waals surface area contributed by atoms with E-state index in [1.807, 2.05) is 19.1 Å². The van der Waals surface area contributed by atoms with Crippen LogP contribution in [0.1, 0.15) is 20.3 Å². The molecule has 12 heavy (non-hydrogen) atoms. The SMILES string of the molecule is C=C(C)CC1(C)C=CC(=O)C=C1. The smallest absolute Gasteiger partial charge is 0.178 e. The van der Waals surface area contributed by atoms with Gasteiger partial charge in [0.05, 0.1) is 0 Å². The van der Waals surface area contributed by atoms with Crippen molar-refractivity contribution < 1.29 is 4.79 Å². The zero-order valence-corrected chi connectivity index (χ0v) is 7.63. The largest absolute Gasteiger partial charge is 0.290 e. The molecule has 1 rings (SSSR count). The van der Waals surface area contributed by atoms with E-state index in [9.17, 15) is 4.79 Å². The first-order chi connectivity index (χ1) is 5.52. The van der Waals surface area contributed by atoms with Crippen molar-refractivity contribution in [2.24, 2.45) is 5.41 Å². The number of rotatable bonds is 2. The molecule has 0 N–H and O–H groups in total. The summed E-state index contributed by atoms with van der Waals surface area (Å²) in [5, 5.41) is 0. The van der Waals surface area contributed by atoms with E-state index in [1.165, 1.54) is 0 Å². The Morgan fingerprint density at radius 1 is 1.50 bits per heavy atom. The van der Waals surface area contributed by atoms with Crippen LogP contribution < -0.4 is 0 Å². The van der Waals surface area contributed by atoms with Crippen LogP contribution in [0, 0.1) is 5.41 Å². The van der Waals surface area contributed by atoms with Gasteiger partial charge in [0.1, 0.15) is 0 Å². The predicted octanol–water partition coefficient (Wildman–Crippen LogP) is 2.65. The third-order valence-corrected chi connectivity index (χ3v) is 1.94. The molecule has 0 aromatic heterocycles. The molecule has 0 aromatic carbocycles. The molecule has 0 heterocycles. The number of carbonyl (C=O) groups excluding carboxylic acids is 1. The number of allylic oxidation sites excluding steroid dienone is 5. The van der Waals surface area contributed by atoms with Crippen LogP contribution in [0.4, 0.5) is 0 Å². The minimum atomic E-state index is -0.000255. The molecule has 0 aromatic rings. The highest BCUT2D eigenvalue weighted by Crippen LogP contribution is 2.30. The lowest BCUT2D eigenvalue weighted by Crippen LogP contribution is -2.14. The fraction of sp³-hybridized carbons (Fsp3) is 0.364. The van der Waals surface area contributed by atoms with Crippen LogP contribution in [0.3, 0.4) is 0 Å². The minimum absolute atomic E-state index is 0.000255. The fourth-order valence-corrected chi connectivity index (χ4v) is 1.42. The Bertz CT molecular complexity index is 253. The Morgan fingerprint density at radius 2 is 2.00 bits per heavy atom. The van der Waals surface area contributed by atoms with Gasteiger partial charge in [0, 0.05) is 5.41 Å². The van der Waals surface area contributed by atoms with Crippen molar-refractivity contribution >= 4 is 5.78 Å². The molecular formula is C11H14O. The van der Waals surface area contributed by atoms with Gasteiger partial charge in [0.2, 0.25) is 0 Å². The molecule has 0 fully saturated rings. The third kappa shape index (κ3) is 2.19. The van der Waals surface area contributed by atoms with E-state index in [1.54, 1.807) is 12.2 Å². The minimum Gasteiger partial charge on any atom is -0.290 e. The molecule has 1 nitrogen and oxygen atoms in total. The number of hydrogen-bond donors (Lipinski definition) is 0. The van der Waals surface area contributed by atoms with Crippen LogP contribution in [-0.2, 0) is 4.79 Å². The summed E-state index contributed by atoms with van der Waals surface area (Å²) >= 11 is 0. The molecule has 1 aliphatic rings. The molecule has 0 amide bonds. The van der Waals surface area contributed by atoms with Crippen molar-refractivity contribution in [3.63, 3.8) is 0 Å². The molecule has 0 bridgehead atoms. The molecule has 64 valence electrons. The lowest BCUT2D eigenvalue weighted by molar-refractivity contribution is -0.110. The second-order valence-corrected chi connectivity index (χ2v) is 3.71. The maximum atomic E-state index is 10.8. The van der Waals surface area contributed by atoms with E-state index in [-0.39, 0.29) is 11.2 Å². The van der Waals surface area contributed by atoms with E-state index in [0.717, 1.165) is 12.0 Å². The van der Waals surface area contributed by atoms with Crippen LogP contribution in [0.5, 0.6) is 0 Å². The maximum Gasteiger partial charge on any atom is 0.178 e. The zero-order chi connectivity index (χ0) is 9.19. The Kier molecular flexibility index (Phi) is 2.32. The van der Waals surface area contributed by atoms with E-state index < -0.39 is 0 Å². The topological polar surface area (TPSA) is 17.1 Å². The van der Waals surface area contributed by atoms with E-state index in [0.29, 0.717) is 0 Å². The normalized spacial score (nSPS) is 19.7. The van der Waals surface area contributed by atoms with Gasteiger partial charge in [-0.25, -0.2) is 0 Å². The Hall–Kier alpha value is -1.11. The summed E-state index contributed by atoms with van der Waals surface area (Å²) in [5.74, 6) is 0.0780. The van der Waals surface area contributed by atoms with Crippen molar-refractivity contribution in [1.82, 2.24) is 0 Å². The summed E-state index contributed by atoms with van der Waals surface area (Å²) in [6.07, 6.45) is 8.06. The van der Waals surface area contributed by atoms with Crippen molar-refractivity contribution in [2.45, 2.75) is 20.3 Å². The summed E-state index contributed by atoms with van der Waals surface area (Å²) < 4.78 is 0. The van der Waals surface area contributed by atoms with Gasteiger partial charge in [-0.2, -0.15) is 0 Å². The number of hydrogen-bond acceptors (Lipinski definition) is 1. The highest BCUT2D eigenvalue weighted by atomic mass is 16.1. The van der Waals surface area contributed by atoms with Gasteiger partial charge in [-0.05, 0) is 25.5 Å². The average molecular weight is 162 g/mol. The van der Waals surface area contributed by atoms with Gasteiger partial charge < -0.3 is 0 Å². The van der Waals surface area contributed by atoms with Crippen molar-refractivity contribution in [1.29, 1.82) is 0 Å². The van der Waals surface area contributed by atoms with Crippen molar-refractivity contribution in [3.8, 4) is 0 Å². The zero-order valence-electron chi connectivity index (χ0n) is 7.63. The average Bonchev–Trinajstić information content (AvgIpc) is 1.94. The number of carbonyl (C=O) groups is 1. The van der Waals surface area contributed by atoms with Crippen LogP contribution >= 0.6 is 0 Å². The van der Waals surface area contributed by atoms with Crippen LogP contribution in [-0.4, -0.2) is 5.78 Å². The maximum absolute atomic E-state index is 10.8. The molecule has 0 saturated carbocycles. The first-order valence-electron chi connectivity index (χ1n) is 4.09. The first kappa shape index (κ1) is 8.98. The summed E-state index contributed by atoms with van der Waals surface area (Å²) in [4.78, 5) is 10.8. The molecule has 0 atom stereocenters. The summed E-state index contributed by atoms with van der Waals surface area (Å²) in [6, 6.07) is 0. The molecule has 0 unspecified atom stereocenters. The monoisotopic (exact) mass is 162 g/mol. The van der Waals surface area contributed by atoms with Crippen LogP contribution in [0.2, 0.25) is 0 Å². The number of ketones is 1. The van der Waals surface area contributed by atoms with E-state index in [2.05, 4.69) is 13.5 Å². The molecular weight excluding hydrogens is 148 g/mol. The Balaban J connectivity index is 2.74. The predicted molar refractivity (Wildman–Crippen MR) is 50.8 cm³/mol. The van der Waals surface area contributed by atoms with Crippen LogP contribution in [0.15, 0.2) is 36.5 Å². The van der Waals surface area contributed by atoms with E-state index >= 15 is 0 Å². The standard InChI is InChI=1S/C11H14O/c1-9(2)8-11(3)6-4-10(12)5-7-11/h4-7H,1,8H2,2-3H3. The van der Waals surface area contributed by atoms with E-state index in [4.69, 9.17) is 0 Å². The lowest BCUT2D eigenvalue weighted by atomic mass is 9.81. The third-order valence-electron chi connectivity index (χ3n) is 1.94. The molecule has 0 spiro atoms. The molecule has 1 heteroatoms.